The number of nitrogens with two attached hydrogens (primary N) is 1. The van der Waals surface area contributed by atoms with Crippen LogP contribution in [0.4, 0.5) is 4.39 Å². The van der Waals surface area contributed by atoms with Crippen molar-refractivity contribution in [3.63, 3.8) is 0 Å². The summed E-state index contributed by atoms with van der Waals surface area (Å²) in [5.74, 6) is -0.347. The van der Waals surface area contributed by atoms with E-state index in [0.29, 0.717) is 29.2 Å². The highest BCUT2D eigenvalue weighted by atomic mass is 35.5. The Labute approximate surface area is 97.6 Å². The Morgan fingerprint density at radius 1 is 1.44 bits per heavy atom. The van der Waals surface area contributed by atoms with Gasteiger partial charge in [0, 0.05) is 23.9 Å². The third-order valence-electron chi connectivity index (χ3n) is 2.24. The van der Waals surface area contributed by atoms with Crippen molar-refractivity contribution >= 4 is 11.6 Å². The van der Waals surface area contributed by atoms with Gasteiger partial charge in [-0.25, -0.2) is 4.39 Å². The Balaban J connectivity index is 2.42. The molecular formula is C11H11ClFN3. The van der Waals surface area contributed by atoms with E-state index in [4.69, 9.17) is 17.3 Å². The van der Waals surface area contributed by atoms with Crippen molar-refractivity contribution in [2.45, 2.75) is 6.54 Å². The highest BCUT2D eigenvalue weighted by Gasteiger charge is 2.11. The zero-order chi connectivity index (χ0) is 11.5. The van der Waals surface area contributed by atoms with Gasteiger partial charge in [0.15, 0.2) is 0 Å². The van der Waals surface area contributed by atoms with Gasteiger partial charge in [0.25, 0.3) is 0 Å². The van der Waals surface area contributed by atoms with E-state index in [1.54, 1.807) is 29.2 Å². The standard InChI is InChI=1S/C11H11ClFN3/c12-9-2-1-3-10(13)11(9)8-6-15-16(7-8)5-4-14/h1-3,6-7H,4-5,14H2. The second kappa shape index (κ2) is 4.63. The summed E-state index contributed by atoms with van der Waals surface area (Å²) in [6.45, 7) is 1.10. The SMILES string of the molecule is NCCn1cc(-c2c(F)cccc2Cl)cn1. The second-order valence-electron chi connectivity index (χ2n) is 3.38. The maximum atomic E-state index is 13.6. The van der Waals surface area contributed by atoms with Crippen LogP contribution in [0.3, 0.4) is 0 Å². The molecule has 0 saturated carbocycles. The van der Waals surface area contributed by atoms with Crippen LogP contribution in [0.15, 0.2) is 30.6 Å². The summed E-state index contributed by atoms with van der Waals surface area (Å²) in [5, 5.41) is 4.46. The summed E-state index contributed by atoms with van der Waals surface area (Å²) in [6, 6.07) is 4.60. The van der Waals surface area contributed by atoms with Gasteiger partial charge in [-0.2, -0.15) is 5.10 Å². The minimum atomic E-state index is -0.347. The van der Waals surface area contributed by atoms with E-state index in [0.717, 1.165) is 0 Å². The lowest BCUT2D eigenvalue weighted by Crippen LogP contribution is -2.09. The maximum Gasteiger partial charge on any atom is 0.132 e. The summed E-state index contributed by atoms with van der Waals surface area (Å²) in [7, 11) is 0. The number of rotatable bonds is 3. The van der Waals surface area contributed by atoms with Gasteiger partial charge in [0.1, 0.15) is 5.82 Å². The van der Waals surface area contributed by atoms with Crippen LogP contribution in [0.1, 0.15) is 0 Å². The third-order valence-corrected chi connectivity index (χ3v) is 2.56. The molecule has 0 amide bonds. The average molecular weight is 240 g/mol. The van der Waals surface area contributed by atoms with E-state index in [2.05, 4.69) is 5.10 Å². The lowest BCUT2D eigenvalue weighted by atomic mass is 10.1. The smallest absolute Gasteiger partial charge is 0.132 e. The van der Waals surface area contributed by atoms with Gasteiger partial charge in [-0.1, -0.05) is 17.7 Å². The molecule has 0 radical (unpaired) electrons. The quantitative estimate of drug-likeness (QED) is 0.893. The molecule has 1 heterocycles. The van der Waals surface area contributed by atoms with E-state index < -0.39 is 0 Å². The molecule has 0 aliphatic carbocycles. The summed E-state index contributed by atoms with van der Waals surface area (Å²) in [6.07, 6.45) is 3.32. The van der Waals surface area contributed by atoms with Crippen LogP contribution in [-0.4, -0.2) is 16.3 Å². The molecule has 0 bridgehead atoms. The molecule has 0 aliphatic heterocycles. The maximum absolute atomic E-state index is 13.6. The molecule has 16 heavy (non-hydrogen) atoms. The summed E-state index contributed by atoms with van der Waals surface area (Å²) in [5.41, 5.74) is 6.45. The first-order chi connectivity index (χ1) is 7.72. The zero-order valence-corrected chi connectivity index (χ0v) is 9.28. The van der Waals surface area contributed by atoms with Gasteiger partial charge in [-0.15, -0.1) is 0 Å². The molecule has 0 unspecified atom stereocenters. The number of nitrogens with zero attached hydrogens (tertiary/aromatic N) is 2. The van der Waals surface area contributed by atoms with Crippen molar-refractivity contribution < 1.29 is 4.39 Å². The van der Waals surface area contributed by atoms with Crippen LogP contribution in [0, 0.1) is 5.82 Å². The number of halogens is 2. The summed E-state index contributed by atoms with van der Waals surface area (Å²) < 4.78 is 15.2. The van der Waals surface area contributed by atoms with Crippen LogP contribution in [0.25, 0.3) is 11.1 Å². The molecule has 5 heteroatoms. The molecule has 0 fully saturated rings. The fourth-order valence-corrected chi connectivity index (χ4v) is 1.79. The Kier molecular flexibility index (Phi) is 3.22. The van der Waals surface area contributed by atoms with Gasteiger partial charge in [-0.05, 0) is 12.1 Å². The van der Waals surface area contributed by atoms with Crippen LogP contribution >= 0.6 is 11.6 Å². The van der Waals surface area contributed by atoms with Gasteiger partial charge in [0.2, 0.25) is 0 Å². The number of hydrogen-bond acceptors (Lipinski definition) is 2. The van der Waals surface area contributed by atoms with Crippen LogP contribution < -0.4 is 5.73 Å². The zero-order valence-electron chi connectivity index (χ0n) is 8.53. The van der Waals surface area contributed by atoms with E-state index in [-0.39, 0.29) is 5.82 Å². The van der Waals surface area contributed by atoms with Crippen LogP contribution in [0.5, 0.6) is 0 Å². The Morgan fingerprint density at radius 3 is 2.94 bits per heavy atom. The van der Waals surface area contributed by atoms with Crippen LogP contribution in [-0.2, 0) is 6.54 Å². The topological polar surface area (TPSA) is 43.8 Å². The molecule has 1 aromatic heterocycles. The summed E-state index contributed by atoms with van der Waals surface area (Å²) >= 11 is 5.95. The number of aromatic nitrogens is 2. The van der Waals surface area contributed by atoms with Gasteiger partial charge < -0.3 is 5.73 Å². The Bertz CT molecular complexity index is 475. The molecule has 0 saturated heterocycles. The van der Waals surface area contributed by atoms with Crippen molar-refractivity contribution in [1.82, 2.24) is 9.78 Å². The Hall–Kier alpha value is -1.39. The van der Waals surface area contributed by atoms with Crippen molar-refractivity contribution in [3.8, 4) is 11.1 Å². The van der Waals surface area contributed by atoms with Crippen molar-refractivity contribution in [3.05, 3.63) is 41.4 Å². The van der Waals surface area contributed by atoms with Gasteiger partial charge >= 0.3 is 0 Å². The molecule has 2 rings (SSSR count). The monoisotopic (exact) mass is 239 g/mol. The second-order valence-corrected chi connectivity index (χ2v) is 3.78. The minimum absolute atomic E-state index is 0.347. The lowest BCUT2D eigenvalue weighted by molar-refractivity contribution is 0.624. The minimum Gasteiger partial charge on any atom is -0.329 e. The van der Waals surface area contributed by atoms with E-state index in [1.165, 1.54) is 6.07 Å². The molecule has 2 N–H and O–H groups in total. The first-order valence-electron chi connectivity index (χ1n) is 4.89. The summed E-state index contributed by atoms with van der Waals surface area (Å²) in [4.78, 5) is 0. The molecule has 0 atom stereocenters. The first-order valence-corrected chi connectivity index (χ1v) is 5.27. The molecule has 0 aliphatic rings. The predicted octanol–water partition coefficient (Wildman–Crippen LogP) is 2.30. The largest absolute Gasteiger partial charge is 0.329 e. The molecule has 84 valence electrons. The van der Waals surface area contributed by atoms with Crippen molar-refractivity contribution in [2.24, 2.45) is 5.73 Å². The first kappa shape index (κ1) is 11.1. The van der Waals surface area contributed by atoms with E-state index >= 15 is 0 Å². The van der Waals surface area contributed by atoms with Crippen LogP contribution in [0.2, 0.25) is 5.02 Å². The molecule has 0 spiro atoms. The third kappa shape index (κ3) is 2.08. The highest BCUT2D eigenvalue weighted by molar-refractivity contribution is 6.33. The fraction of sp³-hybridized carbons (Fsp3) is 0.182. The molecule has 3 nitrogen and oxygen atoms in total. The molecule has 2 aromatic rings. The van der Waals surface area contributed by atoms with E-state index in [1.807, 2.05) is 0 Å². The Morgan fingerprint density at radius 2 is 2.25 bits per heavy atom. The normalized spacial score (nSPS) is 10.7. The average Bonchev–Trinajstić information content (AvgIpc) is 2.67. The van der Waals surface area contributed by atoms with E-state index in [9.17, 15) is 4.39 Å². The van der Waals surface area contributed by atoms with Gasteiger partial charge in [-0.3, -0.25) is 4.68 Å². The lowest BCUT2D eigenvalue weighted by Gasteiger charge is -2.02. The number of hydrogen-bond donors (Lipinski definition) is 1. The molecule has 1 aromatic carbocycles. The highest BCUT2D eigenvalue weighted by Crippen LogP contribution is 2.29. The molecular weight excluding hydrogens is 229 g/mol. The predicted molar refractivity (Wildman–Crippen MR) is 61.7 cm³/mol. The fourth-order valence-electron chi connectivity index (χ4n) is 1.52. The van der Waals surface area contributed by atoms with Crippen molar-refractivity contribution in [2.75, 3.05) is 6.54 Å². The number of benzene rings is 1. The van der Waals surface area contributed by atoms with Gasteiger partial charge in [0.05, 0.1) is 17.8 Å². The van der Waals surface area contributed by atoms with Crippen molar-refractivity contribution in [1.29, 1.82) is 0 Å².